The van der Waals surface area contributed by atoms with Crippen molar-refractivity contribution < 1.29 is 8.42 Å². The molecule has 1 heterocycles. The summed E-state index contributed by atoms with van der Waals surface area (Å²) in [5, 5.41) is 3.23. The van der Waals surface area contributed by atoms with Gasteiger partial charge in [-0.25, -0.2) is 13.1 Å². The zero-order valence-electron chi connectivity index (χ0n) is 11.0. The van der Waals surface area contributed by atoms with Gasteiger partial charge in [0.15, 0.2) is 0 Å². The second-order valence-corrected chi connectivity index (χ2v) is 7.20. The summed E-state index contributed by atoms with van der Waals surface area (Å²) in [5.74, 6) is 0. The van der Waals surface area contributed by atoms with E-state index in [0.717, 1.165) is 44.3 Å². The molecule has 2 aliphatic rings. The first-order chi connectivity index (χ1) is 9.15. The molecule has 4 nitrogen and oxygen atoms in total. The van der Waals surface area contributed by atoms with Crippen LogP contribution < -0.4 is 10.0 Å². The van der Waals surface area contributed by atoms with Gasteiger partial charge in [0.1, 0.15) is 0 Å². The van der Waals surface area contributed by atoms with Crippen molar-refractivity contribution >= 4 is 10.0 Å². The summed E-state index contributed by atoms with van der Waals surface area (Å²) in [6.07, 6.45) is 5.41. The number of hydrogen-bond acceptors (Lipinski definition) is 3. The fraction of sp³-hybridized carbons (Fsp3) is 0.571. The number of benzene rings is 1. The lowest BCUT2D eigenvalue weighted by atomic mass is 9.96. The van der Waals surface area contributed by atoms with E-state index in [2.05, 4.69) is 10.0 Å². The minimum atomic E-state index is -3.36. The predicted molar refractivity (Wildman–Crippen MR) is 74.2 cm³/mol. The fourth-order valence-electron chi connectivity index (χ4n) is 2.95. The first kappa shape index (κ1) is 13.1. The maximum Gasteiger partial charge on any atom is 0.240 e. The van der Waals surface area contributed by atoms with Crippen molar-refractivity contribution in [3.63, 3.8) is 0 Å². The molecule has 0 unspecified atom stereocenters. The Morgan fingerprint density at radius 3 is 2.58 bits per heavy atom. The van der Waals surface area contributed by atoms with E-state index in [1.54, 1.807) is 12.1 Å². The molecule has 19 heavy (non-hydrogen) atoms. The van der Waals surface area contributed by atoms with Gasteiger partial charge in [0.2, 0.25) is 10.0 Å². The summed E-state index contributed by atoms with van der Waals surface area (Å²) in [6.45, 7) is 1.60. The highest BCUT2D eigenvalue weighted by Crippen LogP contribution is 2.22. The highest BCUT2D eigenvalue weighted by atomic mass is 32.2. The molecule has 1 fully saturated rings. The van der Waals surface area contributed by atoms with Crippen LogP contribution in [0.5, 0.6) is 0 Å². The van der Waals surface area contributed by atoms with Gasteiger partial charge in [0.25, 0.3) is 0 Å². The third kappa shape index (κ3) is 2.83. The number of nitrogens with one attached hydrogen (secondary N) is 2. The van der Waals surface area contributed by atoms with Crippen LogP contribution in [0.2, 0.25) is 0 Å². The van der Waals surface area contributed by atoms with Gasteiger partial charge in [-0.3, -0.25) is 0 Å². The molecule has 3 rings (SSSR count). The van der Waals surface area contributed by atoms with Crippen molar-refractivity contribution in [1.82, 2.24) is 10.0 Å². The minimum absolute atomic E-state index is 0.116. The van der Waals surface area contributed by atoms with E-state index in [1.807, 2.05) is 6.07 Å². The lowest BCUT2D eigenvalue weighted by Crippen LogP contribution is -2.36. The Bertz CT molecular complexity index is 563. The Kier molecular flexibility index (Phi) is 3.60. The van der Waals surface area contributed by atoms with Crippen LogP contribution in [0.15, 0.2) is 23.1 Å². The summed E-state index contributed by atoms with van der Waals surface area (Å²) < 4.78 is 27.6. The third-order valence-electron chi connectivity index (χ3n) is 4.05. The van der Waals surface area contributed by atoms with Crippen molar-refractivity contribution in [2.24, 2.45) is 0 Å². The van der Waals surface area contributed by atoms with Crippen LogP contribution >= 0.6 is 0 Å². The summed E-state index contributed by atoms with van der Waals surface area (Å²) in [6, 6.07) is 5.56. The average molecular weight is 280 g/mol. The lowest BCUT2D eigenvalue weighted by molar-refractivity contribution is 0.412. The van der Waals surface area contributed by atoms with Gasteiger partial charge in [-0.05, 0) is 36.1 Å². The summed E-state index contributed by atoms with van der Waals surface area (Å²) in [5.41, 5.74) is 2.31. The van der Waals surface area contributed by atoms with Crippen LogP contribution in [0.1, 0.15) is 43.2 Å². The van der Waals surface area contributed by atoms with Gasteiger partial charge in [0.05, 0.1) is 4.90 Å². The topological polar surface area (TPSA) is 58.2 Å². The molecule has 0 radical (unpaired) electrons. The van der Waals surface area contributed by atoms with Gasteiger partial charge < -0.3 is 5.32 Å². The van der Waals surface area contributed by atoms with Crippen molar-refractivity contribution in [2.45, 2.75) is 56.1 Å². The van der Waals surface area contributed by atoms with Gasteiger partial charge >= 0.3 is 0 Å². The number of rotatable bonds is 3. The van der Waals surface area contributed by atoms with Crippen LogP contribution in [0.3, 0.4) is 0 Å². The smallest absolute Gasteiger partial charge is 0.240 e. The molecule has 1 aliphatic heterocycles. The monoisotopic (exact) mass is 280 g/mol. The van der Waals surface area contributed by atoms with E-state index in [1.165, 1.54) is 12.0 Å². The number of hydrogen-bond donors (Lipinski definition) is 2. The summed E-state index contributed by atoms with van der Waals surface area (Å²) in [4.78, 5) is 0.403. The molecule has 5 heteroatoms. The molecular formula is C14H20N2O2S. The normalized spacial score (nSPS) is 20.4. The van der Waals surface area contributed by atoms with Crippen molar-refractivity contribution in [3.05, 3.63) is 29.3 Å². The fourth-order valence-corrected chi connectivity index (χ4v) is 4.30. The van der Waals surface area contributed by atoms with E-state index in [9.17, 15) is 8.42 Å². The Labute approximate surface area is 114 Å². The van der Waals surface area contributed by atoms with Crippen molar-refractivity contribution in [1.29, 1.82) is 0 Å². The first-order valence-corrected chi connectivity index (χ1v) is 8.48. The van der Waals surface area contributed by atoms with E-state index >= 15 is 0 Å². The predicted octanol–water partition coefficient (Wildman–Crippen LogP) is 1.90. The largest absolute Gasteiger partial charge is 0.309 e. The molecule has 0 bridgehead atoms. The summed E-state index contributed by atoms with van der Waals surface area (Å²) in [7, 11) is -3.36. The average Bonchev–Trinajstić information content (AvgIpc) is 2.86. The molecule has 2 N–H and O–H groups in total. The van der Waals surface area contributed by atoms with Gasteiger partial charge in [0, 0.05) is 19.1 Å². The van der Waals surface area contributed by atoms with Crippen molar-refractivity contribution in [2.75, 3.05) is 0 Å². The number of fused-ring (bicyclic) bond motifs is 1. The van der Waals surface area contributed by atoms with Gasteiger partial charge in [-0.1, -0.05) is 25.3 Å². The Morgan fingerprint density at radius 1 is 1.05 bits per heavy atom. The quantitative estimate of drug-likeness (QED) is 0.889. The van der Waals surface area contributed by atoms with Crippen molar-refractivity contribution in [3.8, 4) is 0 Å². The minimum Gasteiger partial charge on any atom is -0.309 e. The SMILES string of the molecule is O=S(=O)(NC1CCCCC1)c1ccc2c(c1)CNC2. The highest BCUT2D eigenvalue weighted by Gasteiger charge is 2.23. The molecule has 1 aliphatic carbocycles. The van der Waals surface area contributed by atoms with Gasteiger partial charge in [-0.2, -0.15) is 0 Å². The van der Waals surface area contributed by atoms with E-state index < -0.39 is 10.0 Å². The number of sulfonamides is 1. The summed E-state index contributed by atoms with van der Waals surface area (Å²) >= 11 is 0. The van der Waals surface area contributed by atoms with Crippen LogP contribution in [-0.4, -0.2) is 14.5 Å². The maximum absolute atomic E-state index is 12.4. The molecule has 0 spiro atoms. The second kappa shape index (κ2) is 5.23. The third-order valence-corrected chi connectivity index (χ3v) is 5.56. The van der Waals surface area contributed by atoms with E-state index in [4.69, 9.17) is 0 Å². The van der Waals surface area contributed by atoms with Crippen LogP contribution in [0.4, 0.5) is 0 Å². The molecule has 0 saturated heterocycles. The first-order valence-electron chi connectivity index (χ1n) is 7.00. The van der Waals surface area contributed by atoms with Gasteiger partial charge in [-0.15, -0.1) is 0 Å². The molecule has 1 saturated carbocycles. The lowest BCUT2D eigenvalue weighted by Gasteiger charge is -2.22. The standard InChI is InChI=1S/C14H20N2O2S/c17-19(18,16-13-4-2-1-3-5-13)14-7-6-11-9-15-10-12(11)8-14/h6-8,13,15-16H,1-5,9-10H2. The highest BCUT2D eigenvalue weighted by molar-refractivity contribution is 7.89. The van der Waals surface area contributed by atoms with E-state index in [-0.39, 0.29) is 6.04 Å². The second-order valence-electron chi connectivity index (χ2n) is 5.49. The van der Waals surface area contributed by atoms with E-state index in [0.29, 0.717) is 4.90 Å². The molecule has 0 aromatic heterocycles. The Hall–Kier alpha value is -0.910. The maximum atomic E-state index is 12.4. The zero-order valence-corrected chi connectivity index (χ0v) is 11.8. The molecule has 0 amide bonds. The van der Waals surface area contributed by atoms with Crippen LogP contribution in [0, 0.1) is 0 Å². The molecule has 104 valence electrons. The zero-order chi connectivity index (χ0) is 13.3. The molecule has 1 aromatic rings. The van der Waals surface area contributed by atoms with Crippen LogP contribution in [-0.2, 0) is 23.1 Å². The molecule has 0 atom stereocenters. The Morgan fingerprint density at radius 2 is 1.79 bits per heavy atom. The molecule has 1 aromatic carbocycles. The Balaban J connectivity index is 1.79. The van der Waals surface area contributed by atoms with Crippen LogP contribution in [0.25, 0.3) is 0 Å². The molecular weight excluding hydrogens is 260 g/mol.